The maximum absolute atomic E-state index is 6.89. The highest BCUT2D eigenvalue weighted by molar-refractivity contribution is 7.03. The second kappa shape index (κ2) is 6.83. The summed E-state index contributed by atoms with van der Waals surface area (Å²) in [6.07, 6.45) is 0. The van der Waals surface area contributed by atoms with Crippen LogP contribution in [-0.4, -0.2) is 27.1 Å². The van der Waals surface area contributed by atoms with Gasteiger partial charge in [-0.2, -0.15) is 0 Å². The second-order valence-electron chi connectivity index (χ2n) is 6.17. The molecule has 3 aromatic carbocycles. The van der Waals surface area contributed by atoms with Crippen LogP contribution in [0.5, 0.6) is 0 Å². The van der Waals surface area contributed by atoms with Crippen LogP contribution < -0.4 is 15.6 Å². The molecule has 1 aliphatic heterocycles. The molecule has 1 aliphatic rings. The molecule has 0 radical (unpaired) electrons. The van der Waals surface area contributed by atoms with E-state index < -0.39 is 27.1 Å². The van der Waals surface area contributed by atoms with Crippen LogP contribution >= 0.6 is 0 Å². The van der Waals surface area contributed by atoms with Gasteiger partial charge in [-0.05, 0) is 22.1 Å². The first-order chi connectivity index (χ1) is 12.2. The maximum atomic E-state index is 6.89. The molecule has 1 unspecified atom stereocenters. The third-order valence-corrected chi connectivity index (χ3v) is 15.6. The van der Waals surface area contributed by atoms with Crippen LogP contribution in [0.25, 0.3) is 0 Å². The smallest absolute Gasteiger partial charge is 0.389 e. The Morgan fingerprint density at radius 3 is 1.52 bits per heavy atom. The predicted octanol–water partition coefficient (Wildman–Crippen LogP) is 1.28. The van der Waals surface area contributed by atoms with Gasteiger partial charge in [0.25, 0.3) is 10.0 Å². The van der Waals surface area contributed by atoms with E-state index in [-0.39, 0.29) is 0 Å². The normalized spacial score (nSPS) is 23.4. The van der Waals surface area contributed by atoms with Crippen molar-refractivity contribution in [1.82, 2.24) is 0 Å². The Labute approximate surface area is 152 Å². The van der Waals surface area contributed by atoms with Gasteiger partial charge in [-0.1, -0.05) is 91.0 Å². The summed E-state index contributed by atoms with van der Waals surface area (Å²) in [5, 5.41) is 3.45. The van der Waals surface area contributed by atoms with E-state index >= 15 is 0 Å². The SMILES string of the molecule is C[Si]1(c2ccccc2)O[SiH2]O[Si](c2ccccc2)(c2ccccc2)O1. The molecule has 0 N–H and O–H groups in total. The molecule has 3 aromatic rings. The maximum Gasteiger partial charge on any atom is 0.389 e. The third-order valence-electron chi connectivity index (χ3n) is 4.54. The molecular formula is C19H20O3Si3. The van der Waals surface area contributed by atoms with Crippen LogP contribution in [0, 0.1) is 0 Å². The summed E-state index contributed by atoms with van der Waals surface area (Å²) in [5.74, 6) is 0. The van der Waals surface area contributed by atoms with Gasteiger partial charge < -0.3 is 12.3 Å². The average Bonchev–Trinajstić information content (AvgIpc) is 2.70. The van der Waals surface area contributed by atoms with Crippen LogP contribution in [0.3, 0.4) is 0 Å². The molecule has 126 valence electrons. The number of hydrogen-bond donors (Lipinski definition) is 0. The van der Waals surface area contributed by atoms with Crippen molar-refractivity contribution in [3.63, 3.8) is 0 Å². The lowest BCUT2D eigenvalue weighted by molar-refractivity contribution is 0.287. The highest BCUT2D eigenvalue weighted by atomic mass is 28.5. The van der Waals surface area contributed by atoms with Gasteiger partial charge in [0.05, 0.1) is 0 Å². The van der Waals surface area contributed by atoms with Crippen LogP contribution in [-0.2, 0) is 12.3 Å². The summed E-state index contributed by atoms with van der Waals surface area (Å²) in [7, 11) is -6.40. The van der Waals surface area contributed by atoms with E-state index in [1.54, 1.807) is 0 Å². The van der Waals surface area contributed by atoms with Crippen molar-refractivity contribution in [3.05, 3.63) is 91.0 Å². The van der Waals surface area contributed by atoms with Crippen LogP contribution in [0.4, 0.5) is 0 Å². The van der Waals surface area contributed by atoms with E-state index in [1.165, 1.54) is 0 Å². The molecule has 0 amide bonds. The van der Waals surface area contributed by atoms with Gasteiger partial charge in [-0.15, -0.1) is 0 Å². The number of benzene rings is 3. The van der Waals surface area contributed by atoms with Crippen molar-refractivity contribution in [2.45, 2.75) is 6.55 Å². The van der Waals surface area contributed by atoms with Gasteiger partial charge in [0.15, 0.2) is 0 Å². The van der Waals surface area contributed by atoms with Crippen molar-refractivity contribution in [1.29, 1.82) is 0 Å². The number of hydrogen-bond acceptors (Lipinski definition) is 3. The lowest BCUT2D eigenvalue weighted by atomic mass is 10.4. The van der Waals surface area contributed by atoms with Gasteiger partial charge >= 0.3 is 17.1 Å². The van der Waals surface area contributed by atoms with Gasteiger partial charge in [-0.25, -0.2) is 0 Å². The van der Waals surface area contributed by atoms with Gasteiger partial charge in [0.1, 0.15) is 0 Å². The minimum atomic E-state index is -2.75. The summed E-state index contributed by atoms with van der Waals surface area (Å²) >= 11 is 0. The third kappa shape index (κ3) is 3.08. The molecule has 1 fully saturated rings. The molecule has 0 spiro atoms. The highest BCUT2D eigenvalue weighted by Gasteiger charge is 2.53. The van der Waals surface area contributed by atoms with E-state index in [9.17, 15) is 0 Å². The molecule has 1 heterocycles. The zero-order valence-corrected chi connectivity index (χ0v) is 17.5. The summed E-state index contributed by atoms with van der Waals surface area (Å²) in [4.78, 5) is 0. The topological polar surface area (TPSA) is 27.7 Å². The van der Waals surface area contributed by atoms with Gasteiger partial charge in [0, 0.05) is 0 Å². The molecule has 25 heavy (non-hydrogen) atoms. The minimum absolute atomic E-state index is 1.13. The molecule has 3 nitrogen and oxygen atoms in total. The van der Waals surface area contributed by atoms with Crippen LogP contribution in [0.1, 0.15) is 0 Å². The molecule has 1 atom stereocenters. The standard InChI is InChI=1S/C19H20O3Si3/c1-24(17-11-5-2-6-12-17)20-23-21-25(22-24,18-13-7-3-8-14-18)19-15-9-4-10-16-19/h2-16H,23H2,1H3. The van der Waals surface area contributed by atoms with Crippen molar-refractivity contribution in [2.75, 3.05) is 0 Å². The zero-order chi connectivity index (χ0) is 17.2. The molecule has 0 bridgehead atoms. The van der Waals surface area contributed by atoms with E-state index in [4.69, 9.17) is 12.3 Å². The van der Waals surface area contributed by atoms with Crippen molar-refractivity contribution >= 4 is 42.7 Å². The van der Waals surface area contributed by atoms with Crippen molar-refractivity contribution in [3.8, 4) is 0 Å². The van der Waals surface area contributed by atoms with Crippen LogP contribution in [0.15, 0.2) is 91.0 Å². The van der Waals surface area contributed by atoms with E-state index in [0.717, 1.165) is 15.6 Å². The lowest BCUT2D eigenvalue weighted by Gasteiger charge is -2.44. The Hall–Kier alpha value is -1.81. The average molecular weight is 381 g/mol. The van der Waals surface area contributed by atoms with E-state index in [0.29, 0.717) is 0 Å². The van der Waals surface area contributed by atoms with Crippen molar-refractivity contribution < 1.29 is 12.3 Å². The molecule has 4 rings (SSSR count). The fourth-order valence-corrected chi connectivity index (χ4v) is 15.1. The Morgan fingerprint density at radius 1 is 0.600 bits per heavy atom. The molecule has 6 heteroatoms. The van der Waals surface area contributed by atoms with E-state index in [1.807, 2.05) is 30.3 Å². The first kappa shape index (κ1) is 16.6. The van der Waals surface area contributed by atoms with Crippen LogP contribution in [0.2, 0.25) is 6.55 Å². The molecule has 1 saturated heterocycles. The van der Waals surface area contributed by atoms with Crippen molar-refractivity contribution in [2.24, 2.45) is 0 Å². The second-order valence-corrected chi connectivity index (χ2v) is 14.4. The van der Waals surface area contributed by atoms with Gasteiger partial charge in [0.2, 0.25) is 0 Å². The predicted molar refractivity (Wildman–Crippen MR) is 107 cm³/mol. The first-order valence-corrected chi connectivity index (χ1v) is 13.7. The quantitative estimate of drug-likeness (QED) is 0.641. The first-order valence-electron chi connectivity index (χ1n) is 8.38. The molecule has 0 saturated carbocycles. The monoisotopic (exact) mass is 380 g/mol. The summed E-state index contributed by atoms with van der Waals surface area (Å²) < 4.78 is 19.5. The molecule has 0 aliphatic carbocycles. The fourth-order valence-electron chi connectivity index (χ4n) is 3.21. The van der Waals surface area contributed by atoms with E-state index in [2.05, 4.69) is 67.2 Å². The fraction of sp³-hybridized carbons (Fsp3) is 0.0526. The zero-order valence-electron chi connectivity index (χ0n) is 14.1. The lowest BCUT2D eigenvalue weighted by Crippen LogP contribution is -2.74. The largest absolute Gasteiger partial charge is 0.417 e. The molecular weight excluding hydrogens is 360 g/mol. The van der Waals surface area contributed by atoms with Gasteiger partial charge in [-0.3, -0.25) is 0 Å². The Morgan fingerprint density at radius 2 is 1.04 bits per heavy atom. The summed E-state index contributed by atoms with van der Waals surface area (Å²) in [5.41, 5.74) is 0. The summed E-state index contributed by atoms with van der Waals surface area (Å²) in [6, 6.07) is 31.1. The Balaban J connectivity index is 1.85. The number of rotatable bonds is 3. The Bertz CT molecular complexity index is 791. The highest BCUT2D eigenvalue weighted by Crippen LogP contribution is 2.22. The Kier molecular flexibility index (Phi) is 4.55. The summed E-state index contributed by atoms with van der Waals surface area (Å²) in [6.45, 7) is 2.14. The molecule has 0 aromatic heterocycles. The minimum Gasteiger partial charge on any atom is -0.417 e.